The van der Waals surface area contributed by atoms with E-state index in [-0.39, 0.29) is 11.8 Å². The summed E-state index contributed by atoms with van der Waals surface area (Å²) in [5, 5.41) is 3.37. The van der Waals surface area contributed by atoms with Gasteiger partial charge in [-0.05, 0) is 27.2 Å². The van der Waals surface area contributed by atoms with E-state index in [4.69, 9.17) is 9.47 Å². The zero-order chi connectivity index (χ0) is 12.5. The molecule has 1 atom stereocenters. The smallest absolute Gasteiger partial charge is 0.410 e. The minimum absolute atomic E-state index is 0.245. The highest BCUT2D eigenvalue weighted by Gasteiger charge is 2.43. The minimum Gasteiger partial charge on any atom is -0.444 e. The van der Waals surface area contributed by atoms with Gasteiger partial charge in [-0.15, -0.1) is 0 Å². The van der Waals surface area contributed by atoms with Crippen molar-refractivity contribution in [3.8, 4) is 0 Å². The van der Waals surface area contributed by atoms with Crippen molar-refractivity contribution in [2.75, 3.05) is 26.2 Å². The Morgan fingerprint density at radius 1 is 1.47 bits per heavy atom. The van der Waals surface area contributed by atoms with Crippen LogP contribution in [0.2, 0.25) is 0 Å². The lowest BCUT2D eigenvalue weighted by Crippen LogP contribution is -2.54. The van der Waals surface area contributed by atoms with Gasteiger partial charge >= 0.3 is 6.09 Å². The van der Waals surface area contributed by atoms with E-state index in [2.05, 4.69) is 5.32 Å². The van der Waals surface area contributed by atoms with Gasteiger partial charge in [0.25, 0.3) is 0 Å². The van der Waals surface area contributed by atoms with Gasteiger partial charge in [0, 0.05) is 19.5 Å². The molecular formula is C12H22N2O3. The van der Waals surface area contributed by atoms with E-state index < -0.39 is 5.60 Å². The van der Waals surface area contributed by atoms with Crippen molar-refractivity contribution < 1.29 is 14.3 Å². The summed E-state index contributed by atoms with van der Waals surface area (Å²) in [6, 6.07) is 0. The van der Waals surface area contributed by atoms with E-state index in [9.17, 15) is 4.79 Å². The van der Waals surface area contributed by atoms with Crippen LogP contribution in [0.1, 0.15) is 33.6 Å². The van der Waals surface area contributed by atoms with Gasteiger partial charge in [-0.3, -0.25) is 5.32 Å². The van der Waals surface area contributed by atoms with E-state index in [0.29, 0.717) is 13.1 Å². The van der Waals surface area contributed by atoms with Gasteiger partial charge in [-0.2, -0.15) is 0 Å². The van der Waals surface area contributed by atoms with Crippen LogP contribution in [0.4, 0.5) is 4.79 Å². The number of hydrogen-bond acceptors (Lipinski definition) is 4. The van der Waals surface area contributed by atoms with Crippen LogP contribution in [0.25, 0.3) is 0 Å². The van der Waals surface area contributed by atoms with Gasteiger partial charge in [-0.1, -0.05) is 0 Å². The van der Waals surface area contributed by atoms with Crippen molar-refractivity contribution >= 4 is 6.09 Å². The van der Waals surface area contributed by atoms with Crippen LogP contribution in [0.3, 0.4) is 0 Å². The molecule has 1 N–H and O–H groups in total. The molecule has 0 aromatic carbocycles. The van der Waals surface area contributed by atoms with Crippen LogP contribution in [-0.2, 0) is 9.47 Å². The SMILES string of the molecule is CC(C)(C)OC(=O)N1CCC2(C1)NCCCO2. The summed E-state index contributed by atoms with van der Waals surface area (Å²) in [4.78, 5) is 13.6. The molecule has 0 aliphatic carbocycles. The normalized spacial score (nSPS) is 29.7. The van der Waals surface area contributed by atoms with E-state index >= 15 is 0 Å². The first-order valence-corrected chi connectivity index (χ1v) is 6.27. The molecule has 2 saturated heterocycles. The molecule has 0 aromatic rings. The molecule has 2 aliphatic heterocycles. The largest absolute Gasteiger partial charge is 0.444 e. The second-order valence-electron chi connectivity index (χ2n) is 5.77. The Morgan fingerprint density at radius 2 is 2.24 bits per heavy atom. The van der Waals surface area contributed by atoms with Crippen LogP contribution in [0.15, 0.2) is 0 Å². The van der Waals surface area contributed by atoms with Crippen LogP contribution in [0.5, 0.6) is 0 Å². The van der Waals surface area contributed by atoms with Crippen molar-refractivity contribution in [2.24, 2.45) is 0 Å². The standard InChI is InChI=1S/C12H22N2O3/c1-11(2,3)17-10(15)14-7-5-12(9-14)13-6-4-8-16-12/h13H,4-9H2,1-3H3. The highest BCUT2D eigenvalue weighted by molar-refractivity contribution is 5.68. The van der Waals surface area contributed by atoms with E-state index in [0.717, 1.165) is 26.0 Å². The third-order valence-electron chi connectivity index (χ3n) is 3.03. The van der Waals surface area contributed by atoms with Crippen molar-refractivity contribution in [1.29, 1.82) is 0 Å². The van der Waals surface area contributed by atoms with Gasteiger partial charge in [0.05, 0.1) is 13.2 Å². The van der Waals surface area contributed by atoms with Crippen LogP contribution in [0, 0.1) is 0 Å². The number of nitrogens with one attached hydrogen (secondary N) is 1. The van der Waals surface area contributed by atoms with Gasteiger partial charge < -0.3 is 14.4 Å². The molecule has 2 fully saturated rings. The van der Waals surface area contributed by atoms with Crippen molar-refractivity contribution in [3.63, 3.8) is 0 Å². The summed E-state index contributed by atoms with van der Waals surface area (Å²) >= 11 is 0. The van der Waals surface area contributed by atoms with Gasteiger partial charge in [-0.25, -0.2) is 4.79 Å². The predicted molar refractivity (Wildman–Crippen MR) is 63.7 cm³/mol. The predicted octanol–water partition coefficient (Wildman–Crippen LogP) is 1.33. The summed E-state index contributed by atoms with van der Waals surface area (Å²) < 4.78 is 11.1. The van der Waals surface area contributed by atoms with Crippen molar-refractivity contribution in [3.05, 3.63) is 0 Å². The number of hydrogen-bond donors (Lipinski definition) is 1. The maximum absolute atomic E-state index is 11.9. The number of rotatable bonds is 0. The lowest BCUT2D eigenvalue weighted by molar-refractivity contribution is -0.0865. The monoisotopic (exact) mass is 242 g/mol. The Labute approximate surface area is 102 Å². The molecule has 98 valence electrons. The topological polar surface area (TPSA) is 50.8 Å². The Balaban J connectivity index is 1.91. The second-order valence-corrected chi connectivity index (χ2v) is 5.77. The average molecular weight is 242 g/mol. The molecule has 2 aliphatic rings. The number of ether oxygens (including phenoxy) is 2. The van der Waals surface area contributed by atoms with Gasteiger partial charge in [0.2, 0.25) is 0 Å². The van der Waals surface area contributed by atoms with E-state index in [1.165, 1.54) is 0 Å². The first-order chi connectivity index (χ1) is 7.90. The molecule has 2 rings (SSSR count). The third kappa shape index (κ3) is 3.10. The molecule has 17 heavy (non-hydrogen) atoms. The van der Waals surface area contributed by atoms with Crippen LogP contribution >= 0.6 is 0 Å². The summed E-state index contributed by atoms with van der Waals surface area (Å²) in [6.45, 7) is 8.66. The first-order valence-electron chi connectivity index (χ1n) is 6.27. The quantitative estimate of drug-likeness (QED) is 0.696. The summed E-state index contributed by atoms with van der Waals surface area (Å²) in [5.41, 5.74) is -0.761. The number of carbonyl (C=O) groups excluding carboxylic acids is 1. The fourth-order valence-electron chi connectivity index (χ4n) is 2.23. The molecule has 1 amide bonds. The first kappa shape index (κ1) is 12.6. The number of carbonyl (C=O) groups is 1. The lowest BCUT2D eigenvalue weighted by atomic mass is 10.1. The molecule has 5 heteroatoms. The summed E-state index contributed by atoms with van der Waals surface area (Å²) in [5.74, 6) is 0. The Kier molecular flexibility index (Phi) is 3.32. The molecule has 0 radical (unpaired) electrons. The van der Waals surface area contributed by atoms with Gasteiger partial charge in [0.1, 0.15) is 11.3 Å². The van der Waals surface area contributed by atoms with E-state index in [1.54, 1.807) is 4.90 Å². The fraction of sp³-hybridized carbons (Fsp3) is 0.917. The summed E-state index contributed by atoms with van der Waals surface area (Å²) in [6.07, 6.45) is 1.63. The van der Waals surface area contributed by atoms with Gasteiger partial charge in [0.15, 0.2) is 0 Å². The molecule has 5 nitrogen and oxygen atoms in total. The summed E-state index contributed by atoms with van der Waals surface area (Å²) in [7, 11) is 0. The van der Waals surface area contributed by atoms with E-state index in [1.807, 2.05) is 20.8 Å². The number of nitrogens with zero attached hydrogens (tertiary/aromatic N) is 1. The van der Waals surface area contributed by atoms with Crippen LogP contribution in [-0.4, -0.2) is 48.6 Å². The lowest BCUT2D eigenvalue weighted by Gasteiger charge is -2.34. The molecule has 2 heterocycles. The third-order valence-corrected chi connectivity index (χ3v) is 3.03. The minimum atomic E-state index is -0.437. The average Bonchev–Trinajstić information content (AvgIpc) is 2.61. The number of amides is 1. The van der Waals surface area contributed by atoms with Crippen molar-refractivity contribution in [1.82, 2.24) is 10.2 Å². The Morgan fingerprint density at radius 3 is 2.82 bits per heavy atom. The Bertz CT molecular complexity index is 293. The number of likely N-dealkylation sites (tertiary alicyclic amines) is 1. The molecule has 1 spiro atoms. The zero-order valence-electron chi connectivity index (χ0n) is 10.9. The van der Waals surface area contributed by atoms with Crippen molar-refractivity contribution in [2.45, 2.75) is 44.9 Å². The Hall–Kier alpha value is -0.810. The zero-order valence-corrected chi connectivity index (χ0v) is 10.9. The maximum atomic E-state index is 11.9. The molecule has 1 unspecified atom stereocenters. The molecule has 0 saturated carbocycles. The van der Waals surface area contributed by atoms with Crippen LogP contribution < -0.4 is 5.32 Å². The molecule has 0 bridgehead atoms. The fourth-order valence-corrected chi connectivity index (χ4v) is 2.23. The molecule has 0 aromatic heterocycles. The highest BCUT2D eigenvalue weighted by atomic mass is 16.6. The second kappa shape index (κ2) is 4.46. The molecular weight excluding hydrogens is 220 g/mol. The highest BCUT2D eigenvalue weighted by Crippen LogP contribution is 2.26. The maximum Gasteiger partial charge on any atom is 0.410 e.